The molecule has 0 fully saturated rings. The fraction of sp³-hybridized carbons (Fsp3) is 0. The lowest BCUT2D eigenvalue weighted by molar-refractivity contribution is 0.481. The summed E-state index contributed by atoms with van der Waals surface area (Å²) in [5.74, 6) is -0.165. The number of halogens is 1. The summed E-state index contributed by atoms with van der Waals surface area (Å²) < 4.78 is 0. The van der Waals surface area contributed by atoms with Gasteiger partial charge in [0.2, 0.25) is 0 Å². The minimum atomic E-state index is -0.403. The zero-order valence-corrected chi connectivity index (χ0v) is 10.3. The van der Waals surface area contributed by atoms with Crippen molar-refractivity contribution in [3.63, 3.8) is 0 Å². The maximum absolute atomic E-state index is 12.1. The van der Waals surface area contributed by atoms with Gasteiger partial charge in [-0.25, -0.2) is 4.98 Å². The zero-order valence-electron chi connectivity index (χ0n) is 9.59. The Hall–Kier alpha value is -2.40. The van der Waals surface area contributed by atoms with Gasteiger partial charge in [-0.15, -0.1) is 0 Å². The molecule has 3 rings (SSSR count). The van der Waals surface area contributed by atoms with Gasteiger partial charge >= 0.3 is 0 Å². The average Bonchev–Trinajstić information content (AvgIpc) is 2.39. The molecule has 0 spiro atoms. The van der Waals surface area contributed by atoms with Crippen LogP contribution in [-0.4, -0.2) is 20.1 Å². The molecule has 0 saturated heterocycles. The smallest absolute Gasteiger partial charge is 0.260 e. The van der Waals surface area contributed by atoms with Crippen molar-refractivity contribution in [3.05, 3.63) is 52.2 Å². The van der Waals surface area contributed by atoms with Crippen LogP contribution in [0.4, 0.5) is 0 Å². The van der Waals surface area contributed by atoms with E-state index in [1.807, 2.05) is 0 Å². The van der Waals surface area contributed by atoms with E-state index < -0.39 is 5.56 Å². The summed E-state index contributed by atoms with van der Waals surface area (Å²) in [6.45, 7) is 0. The molecule has 3 aromatic rings. The van der Waals surface area contributed by atoms with E-state index >= 15 is 0 Å². The first-order chi connectivity index (χ1) is 9.16. The third-order valence-corrected chi connectivity index (χ3v) is 2.97. The summed E-state index contributed by atoms with van der Waals surface area (Å²) in [7, 11) is 0. The van der Waals surface area contributed by atoms with Crippen molar-refractivity contribution in [2.24, 2.45) is 0 Å². The number of H-pyrrole nitrogens is 1. The molecule has 0 aromatic carbocycles. The number of aromatic amines is 1. The number of nitrogens with one attached hydrogen (secondary N) is 1. The van der Waals surface area contributed by atoms with E-state index in [0.717, 1.165) is 0 Å². The Morgan fingerprint density at radius 3 is 2.74 bits per heavy atom. The summed E-state index contributed by atoms with van der Waals surface area (Å²) in [6, 6.07) is 4.83. The van der Waals surface area contributed by atoms with E-state index in [9.17, 15) is 9.90 Å². The fourth-order valence-electron chi connectivity index (χ4n) is 1.92. The molecular weight excluding hydrogens is 266 g/mol. The molecule has 19 heavy (non-hydrogen) atoms. The Bertz CT molecular complexity index is 815. The number of hydrogen-bond acceptors (Lipinski definition) is 4. The van der Waals surface area contributed by atoms with Crippen molar-refractivity contribution in [3.8, 4) is 16.9 Å². The first-order valence-electron chi connectivity index (χ1n) is 5.47. The van der Waals surface area contributed by atoms with Crippen molar-refractivity contribution in [1.82, 2.24) is 15.0 Å². The monoisotopic (exact) mass is 273 g/mol. The lowest BCUT2D eigenvalue weighted by Gasteiger charge is -2.06. The third kappa shape index (κ3) is 1.94. The molecule has 0 atom stereocenters. The van der Waals surface area contributed by atoms with Crippen LogP contribution in [0.3, 0.4) is 0 Å². The highest BCUT2D eigenvalue weighted by Crippen LogP contribution is 2.30. The Morgan fingerprint density at radius 1 is 1.26 bits per heavy atom. The molecule has 6 heteroatoms. The maximum Gasteiger partial charge on any atom is 0.260 e. The SMILES string of the molecule is O=c1[nH]c2cc(Cl)cnc2c(O)c1-c1ccncc1. The third-order valence-electron chi connectivity index (χ3n) is 2.76. The summed E-state index contributed by atoms with van der Waals surface area (Å²) in [4.78, 5) is 22.6. The molecule has 3 heterocycles. The topological polar surface area (TPSA) is 78.9 Å². The standard InChI is InChI=1S/C13H8ClN3O2/c14-8-5-9-11(16-6-8)12(18)10(13(19)17-9)7-1-3-15-4-2-7/h1-6H,(H2,17,18,19). The van der Waals surface area contributed by atoms with Gasteiger partial charge in [0, 0.05) is 18.6 Å². The minimum absolute atomic E-state index is 0.165. The van der Waals surface area contributed by atoms with Crippen molar-refractivity contribution in [1.29, 1.82) is 0 Å². The average molecular weight is 274 g/mol. The number of rotatable bonds is 1. The Morgan fingerprint density at radius 2 is 2.00 bits per heavy atom. The highest BCUT2D eigenvalue weighted by molar-refractivity contribution is 6.31. The normalized spacial score (nSPS) is 10.8. The van der Waals surface area contributed by atoms with E-state index in [1.54, 1.807) is 30.6 Å². The van der Waals surface area contributed by atoms with Crippen molar-refractivity contribution in [2.75, 3.05) is 0 Å². The quantitative estimate of drug-likeness (QED) is 0.713. The van der Waals surface area contributed by atoms with Gasteiger partial charge in [0.15, 0.2) is 5.75 Å². The highest BCUT2D eigenvalue weighted by Gasteiger charge is 2.14. The Labute approximate surface area is 112 Å². The summed E-state index contributed by atoms with van der Waals surface area (Å²) in [5, 5.41) is 10.6. The number of fused-ring (bicyclic) bond motifs is 1. The van der Waals surface area contributed by atoms with Gasteiger partial charge < -0.3 is 10.1 Å². The molecule has 0 aliphatic heterocycles. The number of aromatic nitrogens is 3. The molecule has 3 aromatic heterocycles. The summed E-state index contributed by atoms with van der Waals surface area (Å²) in [5.41, 5.74) is 1.04. The van der Waals surface area contributed by atoms with Gasteiger partial charge in [0.1, 0.15) is 5.52 Å². The molecule has 0 bridgehead atoms. The lowest BCUT2D eigenvalue weighted by atomic mass is 10.1. The van der Waals surface area contributed by atoms with Crippen LogP contribution in [0.1, 0.15) is 0 Å². The zero-order chi connectivity index (χ0) is 13.4. The van der Waals surface area contributed by atoms with E-state index in [4.69, 9.17) is 11.6 Å². The summed E-state index contributed by atoms with van der Waals surface area (Å²) >= 11 is 5.81. The van der Waals surface area contributed by atoms with E-state index in [1.165, 1.54) is 6.20 Å². The molecular formula is C13H8ClN3O2. The van der Waals surface area contributed by atoms with Gasteiger partial charge in [-0.1, -0.05) is 11.6 Å². The van der Waals surface area contributed by atoms with E-state index in [2.05, 4.69) is 15.0 Å². The fourth-order valence-corrected chi connectivity index (χ4v) is 2.08. The predicted octanol–water partition coefficient (Wildman–Crippen LogP) is 2.34. The van der Waals surface area contributed by atoms with Gasteiger partial charge in [0.05, 0.1) is 16.1 Å². The Kier molecular flexibility index (Phi) is 2.68. The molecule has 0 amide bonds. The molecule has 5 nitrogen and oxygen atoms in total. The number of pyridine rings is 3. The van der Waals surface area contributed by atoms with E-state index in [-0.39, 0.29) is 11.3 Å². The second kappa shape index (κ2) is 4.37. The lowest BCUT2D eigenvalue weighted by Crippen LogP contribution is -2.09. The van der Waals surface area contributed by atoms with Crippen LogP contribution in [0.15, 0.2) is 41.6 Å². The summed E-state index contributed by atoms with van der Waals surface area (Å²) in [6.07, 6.45) is 4.51. The van der Waals surface area contributed by atoms with Crippen LogP contribution in [-0.2, 0) is 0 Å². The number of nitrogens with zero attached hydrogens (tertiary/aromatic N) is 2. The second-order valence-electron chi connectivity index (χ2n) is 3.96. The maximum atomic E-state index is 12.1. The molecule has 0 aliphatic carbocycles. The first-order valence-corrected chi connectivity index (χ1v) is 5.85. The second-order valence-corrected chi connectivity index (χ2v) is 4.40. The molecule has 94 valence electrons. The van der Waals surface area contributed by atoms with Crippen LogP contribution in [0.25, 0.3) is 22.2 Å². The van der Waals surface area contributed by atoms with Gasteiger partial charge in [-0.3, -0.25) is 9.78 Å². The van der Waals surface area contributed by atoms with Crippen molar-refractivity contribution >= 4 is 22.6 Å². The van der Waals surface area contributed by atoms with Crippen LogP contribution >= 0.6 is 11.6 Å². The highest BCUT2D eigenvalue weighted by atomic mass is 35.5. The van der Waals surface area contributed by atoms with Crippen molar-refractivity contribution in [2.45, 2.75) is 0 Å². The molecule has 0 unspecified atom stereocenters. The minimum Gasteiger partial charge on any atom is -0.505 e. The van der Waals surface area contributed by atoms with Crippen LogP contribution < -0.4 is 5.56 Å². The largest absolute Gasteiger partial charge is 0.505 e. The first kappa shape index (κ1) is 11.7. The van der Waals surface area contributed by atoms with Gasteiger partial charge in [-0.2, -0.15) is 0 Å². The molecule has 0 aliphatic rings. The van der Waals surface area contributed by atoms with Gasteiger partial charge in [0.25, 0.3) is 5.56 Å². The van der Waals surface area contributed by atoms with E-state index in [0.29, 0.717) is 21.6 Å². The van der Waals surface area contributed by atoms with Crippen LogP contribution in [0.2, 0.25) is 5.02 Å². The van der Waals surface area contributed by atoms with Crippen molar-refractivity contribution < 1.29 is 5.11 Å². The number of aromatic hydroxyl groups is 1. The number of hydrogen-bond donors (Lipinski definition) is 2. The van der Waals surface area contributed by atoms with Crippen LogP contribution in [0.5, 0.6) is 5.75 Å². The molecule has 2 N–H and O–H groups in total. The molecule has 0 saturated carbocycles. The molecule has 0 radical (unpaired) electrons. The predicted molar refractivity (Wildman–Crippen MR) is 72.3 cm³/mol. The van der Waals surface area contributed by atoms with Crippen LogP contribution in [0, 0.1) is 0 Å². The van der Waals surface area contributed by atoms with Gasteiger partial charge in [-0.05, 0) is 23.8 Å². The Balaban J connectivity index is 2.39.